The van der Waals surface area contributed by atoms with Gasteiger partial charge >= 0.3 is 0 Å². The molecule has 1 spiro atoms. The van der Waals surface area contributed by atoms with Crippen LogP contribution in [0.5, 0.6) is 0 Å². The maximum absolute atomic E-state index is 13.1. The Morgan fingerprint density at radius 3 is 2.70 bits per heavy atom. The third kappa shape index (κ3) is 3.06. The lowest BCUT2D eigenvalue weighted by Gasteiger charge is -2.52. The van der Waals surface area contributed by atoms with Gasteiger partial charge in [0.05, 0.1) is 25.3 Å². The summed E-state index contributed by atoms with van der Waals surface area (Å²) in [4.78, 5) is 26.1. The Bertz CT molecular complexity index is 632. The molecule has 1 aromatic carbocycles. The van der Waals surface area contributed by atoms with E-state index in [1.807, 2.05) is 0 Å². The van der Waals surface area contributed by atoms with Crippen LogP contribution in [0.2, 0.25) is 0 Å². The van der Waals surface area contributed by atoms with Crippen molar-refractivity contribution in [2.24, 2.45) is 0 Å². The van der Waals surface area contributed by atoms with Gasteiger partial charge in [0.25, 0.3) is 5.91 Å². The molecule has 1 N–H and O–H groups in total. The number of benzene rings is 1. The van der Waals surface area contributed by atoms with Crippen molar-refractivity contribution >= 4 is 11.8 Å². The van der Waals surface area contributed by atoms with E-state index in [-0.39, 0.29) is 23.6 Å². The average Bonchev–Trinajstić information content (AvgIpc) is 2.53. The van der Waals surface area contributed by atoms with Gasteiger partial charge in [-0.05, 0) is 37.5 Å². The molecule has 0 bridgehead atoms. The van der Waals surface area contributed by atoms with Gasteiger partial charge in [0, 0.05) is 12.1 Å². The molecule has 0 unspecified atom stereocenters. The Balaban J connectivity index is 1.59. The normalized spacial score (nSPS) is 19.3. The highest BCUT2D eigenvalue weighted by Gasteiger charge is 2.46. The summed E-state index contributed by atoms with van der Waals surface area (Å²) in [7, 11) is 0. The van der Waals surface area contributed by atoms with Gasteiger partial charge in [-0.1, -0.05) is 0 Å². The van der Waals surface area contributed by atoms with Crippen LogP contribution < -0.4 is 5.32 Å². The predicted molar refractivity (Wildman–Crippen MR) is 77.8 cm³/mol. The minimum absolute atomic E-state index is 0.0166. The van der Waals surface area contributed by atoms with Crippen LogP contribution in [0.3, 0.4) is 0 Å². The molecule has 2 aliphatic rings. The number of rotatable bonds is 3. The monoisotopic (exact) mass is 324 g/mol. The van der Waals surface area contributed by atoms with Gasteiger partial charge in [-0.15, -0.1) is 0 Å². The first kappa shape index (κ1) is 15.9. The molecule has 3 rings (SSSR count). The van der Waals surface area contributed by atoms with Gasteiger partial charge in [0.15, 0.2) is 11.6 Å². The number of nitrogens with zero attached hydrogens (tertiary/aromatic N) is 1. The maximum atomic E-state index is 13.1. The molecule has 5 nitrogen and oxygen atoms in total. The first-order valence-electron chi connectivity index (χ1n) is 7.63. The summed E-state index contributed by atoms with van der Waals surface area (Å²) in [5.74, 6) is -2.89. The molecule has 23 heavy (non-hydrogen) atoms. The van der Waals surface area contributed by atoms with Crippen LogP contribution in [-0.4, -0.2) is 48.6 Å². The number of ether oxygens (including phenoxy) is 1. The van der Waals surface area contributed by atoms with Gasteiger partial charge in [0.2, 0.25) is 5.91 Å². The van der Waals surface area contributed by atoms with E-state index in [1.54, 1.807) is 4.90 Å². The van der Waals surface area contributed by atoms with E-state index in [0.717, 1.165) is 31.4 Å². The lowest BCUT2D eigenvalue weighted by atomic mass is 9.75. The Labute approximate surface area is 132 Å². The summed E-state index contributed by atoms with van der Waals surface area (Å²) >= 11 is 0. The number of hydrogen-bond acceptors (Lipinski definition) is 3. The molecule has 0 aromatic heterocycles. The van der Waals surface area contributed by atoms with Crippen molar-refractivity contribution in [1.82, 2.24) is 10.2 Å². The Kier molecular flexibility index (Phi) is 4.30. The molecule has 1 aliphatic carbocycles. The fourth-order valence-corrected chi connectivity index (χ4v) is 3.11. The summed E-state index contributed by atoms with van der Waals surface area (Å²) in [6.45, 7) is 1.37. The minimum Gasteiger partial charge on any atom is -0.377 e. The predicted octanol–water partition coefficient (Wildman–Crippen LogP) is 1.48. The Morgan fingerprint density at radius 1 is 1.26 bits per heavy atom. The van der Waals surface area contributed by atoms with Gasteiger partial charge in [-0.25, -0.2) is 8.78 Å². The van der Waals surface area contributed by atoms with Gasteiger partial charge in [-0.2, -0.15) is 0 Å². The molecule has 0 atom stereocenters. The van der Waals surface area contributed by atoms with Gasteiger partial charge < -0.3 is 15.0 Å². The van der Waals surface area contributed by atoms with Crippen molar-refractivity contribution in [3.63, 3.8) is 0 Å². The molecule has 124 valence electrons. The van der Waals surface area contributed by atoms with E-state index in [9.17, 15) is 18.4 Å². The highest BCUT2D eigenvalue weighted by Crippen LogP contribution is 2.39. The largest absolute Gasteiger partial charge is 0.377 e. The highest BCUT2D eigenvalue weighted by atomic mass is 19.2. The molecule has 2 amide bonds. The molecular weight excluding hydrogens is 306 g/mol. The quantitative estimate of drug-likeness (QED) is 0.916. The SMILES string of the molecule is O=C(NCC(=O)N1CCOCC12CCC2)c1ccc(F)c(F)c1. The smallest absolute Gasteiger partial charge is 0.251 e. The molecule has 1 aliphatic heterocycles. The van der Waals surface area contributed by atoms with E-state index in [1.165, 1.54) is 6.07 Å². The third-order valence-corrected chi connectivity index (χ3v) is 4.57. The van der Waals surface area contributed by atoms with Crippen molar-refractivity contribution < 1.29 is 23.1 Å². The zero-order valence-corrected chi connectivity index (χ0v) is 12.6. The zero-order chi connectivity index (χ0) is 16.4. The standard InChI is InChI=1S/C16H18F2N2O3/c17-12-3-2-11(8-13(12)18)15(22)19-9-14(21)20-6-7-23-10-16(20)4-1-5-16/h2-3,8H,1,4-7,9-10H2,(H,19,22). The van der Waals surface area contributed by atoms with Crippen LogP contribution >= 0.6 is 0 Å². The van der Waals surface area contributed by atoms with Crippen LogP contribution in [0.15, 0.2) is 18.2 Å². The van der Waals surface area contributed by atoms with Crippen LogP contribution in [0.4, 0.5) is 8.78 Å². The van der Waals surface area contributed by atoms with Crippen molar-refractivity contribution in [2.75, 3.05) is 26.3 Å². The number of carbonyl (C=O) groups excluding carboxylic acids is 2. The number of nitrogens with one attached hydrogen (secondary N) is 1. The van der Waals surface area contributed by atoms with Crippen LogP contribution in [0, 0.1) is 11.6 Å². The fourth-order valence-electron chi connectivity index (χ4n) is 3.11. The summed E-state index contributed by atoms with van der Waals surface area (Å²) < 4.78 is 31.5. The average molecular weight is 324 g/mol. The fraction of sp³-hybridized carbons (Fsp3) is 0.500. The molecule has 1 saturated heterocycles. The number of carbonyl (C=O) groups is 2. The van der Waals surface area contributed by atoms with Crippen LogP contribution in [-0.2, 0) is 9.53 Å². The van der Waals surface area contributed by atoms with Gasteiger partial charge in [0.1, 0.15) is 0 Å². The second-order valence-corrected chi connectivity index (χ2v) is 5.99. The van der Waals surface area contributed by atoms with Crippen molar-refractivity contribution in [2.45, 2.75) is 24.8 Å². The molecular formula is C16H18F2N2O3. The molecule has 2 fully saturated rings. The molecule has 7 heteroatoms. The van der Waals surface area contributed by atoms with Crippen LogP contribution in [0.25, 0.3) is 0 Å². The Hall–Kier alpha value is -2.02. The number of morpholine rings is 1. The second kappa shape index (κ2) is 6.23. The molecule has 1 heterocycles. The van der Waals surface area contributed by atoms with E-state index >= 15 is 0 Å². The molecule has 1 saturated carbocycles. The second-order valence-electron chi connectivity index (χ2n) is 5.99. The first-order chi connectivity index (χ1) is 11.0. The van der Waals surface area contributed by atoms with Crippen LogP contribution in [0.1, 0.15) is 29.6 Å². The number of halogens is 2. The van der Waals surface area contributed by atoms with E-state index < -0.39 is 17.5 Å². The van der Waals surface area contributed by atoms with E-state index in [0.29, 0.717) is 19.8 Å². The van der Waals surface area contributed by atoms with Crippen molar-refractivity contribution in [3.8, 4) is 0 Å². The molecule has 0 radical (unpaired) electrons. The van der Waals surface area contributed by atoms with E-state index in [4.69, 9.17) is 4.74 Å². The topological polar surface area (TPSA) is 58.6 Å². The first-order valence-corrected chi connectivity index (χ1v) is 7.63. The maximum Gasteiger partial charge on any atom is 0.251 e. The summed E-state index contributed by atoms with van der Waals surface area (Å²) in [5.41, 5.74) is -0.237. The zero-order valence-electron chi connectivity index (χ0n) is 12.6. The van der Waals surface area contributed by atoms with Crippen molar-refractivity contribution in [3.05, 3.63) is 35.4 Å². The lowest BCUT2D eigenvalue weighted by molar-refractivity contribution is -0.157. The summed E-state index contributed by atoms with van der Waals surface area (Å²) in [6.07, 6.45) is 2.89. The summed E-state index contributed by atoms with van der Waals surface area (Å²) in [6, 6.07) is 2.88. The third-order valence-electron chi connectivity index (χ3n) is 4.57. The summed E-state index contributed by atoms with van der Waals surface area (Å²) in [5, 5.41) is 2.47. The molecule has 1 aromatic rings. The highest BCUT2D eigenvalue weighted by molar-refractivity contribution is 5.96. The van der Waals surface area contributed by atoms with Gasteiger partial charge in [-0.3, -0.25) is 9.59 Å². The number of hydrogen-bond donors (Lipinski definition) is 1. The van der Waals surface area contributed by atoms with Crippen molar-refractivity contribution in [1.29, 1.82) is 0 Å². The minimum atomic E-state index is -1.09. The Morgan fingerprint density at radius 2 is 2.04 bits per heavy atom. The number of amides is 2. The van der Waals surface area contributed by atoms with E-state index in [2.05, 4.69) is 5.32 Å². The lowest BCUT2D eigenvalue weighted by Crippen LogP contribution is -2.64.